The molecule has 0 amide bonds. The largest absolute Gasteiger partial charge is 0.307 e. The van der Waals surface area contributed by atoms with Crippen molar-refractivity contribution in [2.24, 2.45) is 11.8 Å². The Balaban J connectivity index is 2.06. The van der Waals surface area contributed by atoms with Crippen molar-refractivity contribution >= 4 is 6.29 Å². The molecule has 0 bridgehead atoms. The molecular formula is C6H8NO. The number of piperidine rings is 1. The summed E-state index contributed by atoms with van der Waals surface area (Å²) in [7, 11) is 0. The second-order valence-corrected chi connectivity index (χ2v) is 2.66. The lowest BCUT2D eigenvalue weighted by molar-refractivity contribution is 0.520. The summed E-state index contributed by atoms with van der Waals surface area (Å²) < 4.78 is 0. The van der Waals surface area contributed by atoms with Gasteiger partial charge in [0.2, 0.25) is 6.29 Å². The van der Waals surface area contributed by atoms with E-state index in [4.69, 9.17) is 0 Å². The second kappa shape index (κ2) is 1.32. The lowest BCUT2D eigenvalue weighted by Gasteiger charge is -1.99. The van der Waals surface area contributed by atoms with E-state index in [1.165, 1.54) is 6.42 Å². The zero-order valence-electron chi connectivity index (χ0n) is 4.55. The van der Waals surface area contributed by atoms with Crippen molar-refractivity contribution in [3.8, 4) is 0 Å². The maximum atomic E-state index is 10.1. The van der Waals surface area contributed by atoms with Crippen molar-refractivity contribution < 1.29 is 4.79 Å². The van der Waals surface area contributed by atoms with Crippen molar-refractivity contribution in [3.63, 3.8) is 0 Å². The molecule has 1 saturated heterocycles. The van der Waals surface area contributed by atoms with Gasteiger partial charge < -0.3 is 5.32 Å². The van der Waals surface area contributed by atoms with E-state index < -0.39 is 0 Å². The highest BCUT2D eigenvalue weighted by Crippen LogP contribution is 2.44. The standard InChI is InChI=1S/C6H8NO/c8-3-6-5-1-4(5)2-7-6/h4-7H,1-2H2/t4?,5?,6-/m1/s1. The third-order valence-electron chi connectivity index (χ3n) is 2.13. The molecule has 43 valence electrons. The molecule has 8 heavy (non-hydrogen) atoms. The molecule has 1 aliphatic heterocycles. The van der Waals surface area contributed by atoms with Gasteiger partial charge in [0.05, 0.1) is 6.04 Å². The highest BCUT2D eigenvalue weighted by molar-refractivity contribution is 5.61. The summed E-state index contributed by atoms with van der Waals surface area (Å²) >= 11 is 0. The molecule has 1 N–H and O–H groups in total. The molecule has 3 atom stereocenters. The molecule has 0 spiro atoms. The van der Waals surface area contributed by atoms with Gasteiger partial charge in [0.25, 0.3) is 0 Å². The predicted molar refractivity (Wildman–Crippen MR) is 29.1 cm³/mol. The van der Waals surface area contributed by atoms with Gasteiger partial charge in [-0.3, -0.25) is 4.79 Å². The van der Waals surface area contributed by atoms with E-state index in [0.29, 0.717) is 5.92 Å². The maximum Gasteiger partial charge on any atom is 0.217 e. The molecule has 1 heterocycles. The van der Waals surface area contributed by atoms with Crippen LogP contribution in [0.1, 0.15) is 6.42 Å². The Morgan fingerprint density at radius 2 is 2.50 bits per heavy atom. The molecule has 0 aromatic heterocycles. The molecular weight excluding hydrogens is 102 g/mol. The minimum absolute atomic E-state index is 0.0833. The van der Waals surface area contributed by atoms with Gasteiger partial charge in [-0.2, -0.15) is 0 Å². The topological polar surface area (TPSA) is 29.1 Å². The summed E-state index contributed by atoms with van der Waals surface area (Å²) in [5.74, 6) is 1.48. The first-order chi connectivity index (χ1) is 3.92. The van der Waals surface area contributed by atoms with E-state index in [1.54, 1.807) is 0 Å². The average molecular weight is 110 g/mol. The highest BCUT2D eigenvalue weighted by Gasteiger charge is 2.48. The summed E-state index contributed by atoms with van der Waals surface area (Å²) in [6.07, 6.45) is 3.25. The molecule has 2 heteroatoms. The summed E-state index contributed by atoms with van der Waals surface area (Å²) in [4.78, 5) is 10.1. The normalized spacial score (nSPS) is 50.8. The number of rotatable bonds is 1. The number of fused-ring (bicyclic) bond motifs is 1. The predicted octanol–water partition coefficient (Wildman–Crippen LogP) is -0.296. The van der Waals surface area contributed by atoms with Gasteiger partial charge in [-0.25, -0.2) is 0 Å². The monoisotopic (exact) mass is 110 g/mol. The van der Waals surface area contributed by atoms with Crippen LogP contribution in [0.5, 0.6) is 0 Å². The van der Waals surface area contributed by atoms with Crippen molar-refractivity contribution in [2.75, 3.05) is 6.54 Å². The first-order valence-electron chi connectivity index (χ1n) is 3.03. The molecule has 2 nitrogen and oxygen atoms in total. The minimum atomic E-state index is 0.0833. The first-order valence-corrected chi connectivity index (χ1v) is 3.03. The number of hydrogen-bond donors (Lipinski definition) is 1. The van der Waals surface area contributed by atoms with Gasteiger partial charge in [-0.05, 0) is 24.8 Å². The molecule has 0 aromatic rings. The van der Waals surface area contributed by atoms with E-state index in [0.717, 1.165) is 12.5 Å². The van der Waals surface area contributed by atoms with Crippen molar-refractivity contribution in [3.05, 3.63) is 0 Å². The Morgan fingerprint density at radius 3 is 2.75 bits per heavy atom. The third-order valence-corrected chi connectivity index (χ3v) is 2.13. The number of nitrogens with one attached hydrogen (secondary N) is 1. The molecule has 2 aliphatic rings. The van der Waals surface area contributed by atoms with Crippen LogP contribution in [-0.2, 0) is 4.79 Å². The summed E-state index contributed by atoms with van der Waals surface area (Å²) in [6, 6.07) is 0.0833. The van der Waals surface area contributed by atoms with Gasteiger partial charge in [0.1, 0.15) is 0 Å². The van der Waals surface area contributed by atoms with Gasteiger partial charge in [0, 0.05) is 0 Å². The van der Waals surface area contributed by atoms with Crippen LogP contribution < -0.4 is 5.32 Å². The van der Waals surface area contributed by atoms with Crippen LogP contribution in [0.15, 0.2) is 0 Å². The summed E-state index contributed by atoms with van der Waals surface area (Å²) in [5, 5.41) is 3.08. The Morgan fingerprint density at radius 1 is 1.62 bits per heavy atom. The Bertz CT molecular complexity index is 124. The average Bonchev–Trinajstić information content (AvgIpc) is 2.46. The van der Waals surface area contributed by atoms with Crippen LogP contribution in [0.25, 0.3) is 0 Å². The quantitative estimate of drug-likeness (QED) is 0.502. The van der Waals surface area contributed by atoms with Crippen LogP contribution in [0.2, 0.25) is 0 Å². The van der Waals surface area contributed by atoms with Crippen molar-refractivity contribution in [1.29, 1.82) is 0 Å². The molecule has 0 aromatic carbocycles. The fourth-order valence-electron chi connectivity index (χ4n) is 1.47. The number of hydrogen-bond acceptors (Lipinski definition) is 2. The summed E-state index contributed by atoms with van der Waals surface area (Å²) in [5.41, 5.74) is 0. The Kier molecular flexibility index (Phi) is 0.742. The van der Waals surface area contributed by atoms with Crippen LogP contribution in [0.3, 0.4) is 0 Å². The molecule has 2 unspecified atom stereocenters. The van der Waals surface area contributed by atoms with E-state index in [1.807, 2.05) is 6.29 Å². The maximum absolute atomic E-state index is 10.1. The van der Waals surface area contributed by atoms with Crippen molar-refractivity contribution in [1.82, 2.24) is 5.32 Å². The SMILES string of the molecule is O=[C][C@H]1NCC2CC21. The lowest BCUT2D eigenvalue weighted by atomic mass is 10.2. The van der Waals surface area contributed by atoms with Crippen LogP contribution in [0, 0.1) is 11.8 Å². The fourth-order valence-corrected chi connectivity index (χ4v) is 1.47. The van der Waals surface area contributed by atoms with Crippen LogP contribution in [0.4, 0.5) is 0 Å². The molecule has 2 rings (SSSR count). The smallest absolute Gasteiger partial charge is 0.217 e. The van der Waals surface area contributed by atoms with Gasteiger partial charge >= 0.3 is 0 Å². The van der Waals surface area contributed by atoms with Gasteiger partial charge in [-0.1, -0.05) is 0 Å². The van der Waals surface area contributed by atoms with E-state index in [9.17, 15) is 4.79 Å². The molecule has 1 radical (unpaired) electrons. The lowest BCUT2D eigenvalue weighted by Crippen LogP contribution is -2.27. The van der Waals surface area contributed by atoms with Crippen molar-refractivity contribution in [2.45, 2.75) is 12.5 Å². The summed E-state index contributed by atoms with van der Waals surface area (Å²) in [6.45, 7) is 1.05. The van der Waals surface area contributed by atoms with Gasteiger partial charge in [-0.15, -0.1) is 0 Å². The highest BCUT2D eigenvalue weighted by atomic mass is 16.1. The third kappa shape index (κ3) is 0.436. The van der Waals surface area contributed by atoms with Crippen LogP contribution >= 0.6 is 0 Å². The van der Waals surface area contributed by atoms with E-state index >= 15 is 0 Å². The Hall–Kier alpha value is -0.370. The Labute approximate surface area is 48.3 Å². The molecule has 2 fully saturated rings. The van der Waals surface area contributed by atoms with E-state index in [2.05, 4.69) is 5.32 Å². The molecule has 1 aliphatic carbocycles. The van der Waals surface area contributed by atoms with Gasteiger partial charge in [0.15, 0.2) is 0 Å². The van der Waals surface area contributed by atoms with E-state index in [-0.39, 0.29) is 6.04 Å². The zero-order chi connectivity index (χ0) is 5.56. The number of carbonyl (C=O) groups excluding carboxylic acids is 1. The second-order valence-electron chi connectivity index (χ2n) is 2.66. The van der Waals surface area contributed by atoms with Crippen LogP contribution in [-0.4, -0.2) is 18.9 Å². The fraction of sp³-hybridized carbons (Fsp3) is 0.833. The first kappa shape index (κ1) is 4.50. The zero-order valence-corrected chi connectivity index (χ0v) is 4.55. The molecule has 1 saturated carbocycles. The minimum Gasteiger partial charge on any atom is -0.307 e.